The number of hydrogen-bond acceptors (Lipinski definition) is 2. The van der Waals surface area contributed by atoms with Crippen molar-refractivity contribution >= 4 is 0 Å². The third kappa shape index (κ3) is 2.50. The molecule has 2 aromatic rings. The van der Waals surface area contributed by atoms with Crippen LogP contribution >= 0.6 is 0 Å². The Morgan fingerprint density at radius 2 is 2.11 bits per heavy atom. The average molecular weight is 257 g/mol. The Labute approximate surface area is 112 Å². The van der Waals surface area contributed by atoms with Crippen LogP contribution in [0.3, 0.4) is 0 Å². The molecule has 98 valence electrons. The predicted octanol–water partition coefficient (Wildman–Crippen LogP) is 3.12. The minimum absolute atomic E-state index is 0.301. The van der Waals surface area contributed by atoms with Gasteiger partial charge in [-0.05, 0) is 44.0 Å². The topological polar surface area (TPSA) is 41.6 Å². The van der Waals surface area contributed by atoms with E-state index in [1.807, 2.05) is 19.9 Å². The molecule has 0 atom stereocenters. The standard InChI is InChI=1S/C15H16FN3/c1-4-14-10(2)18-19(11(14)3)9-13-7-12(8-17)5-6-15(13)16/h5-7H,4,9H2,1-3H3. The second-order valence-electron chi connectivity index (χ2n) is 4.58. The Morgan fingerprint density at radius 1 is 1.37 bits per heavy atom. The third-order valence-electron chi connectivity index (χ3n) is 3.38. The molecule has 0 radical (unpaired) electrons. The molecule has 19 heavy (non-hydrogen) atoms. The van der Waals surface area contributed by atoms with Gasteiger partial charge in [-0.3, -0.25) is 4.68 Å². The maximum Gasteiger partial charge on any atom is 0.128 e. The van der Waals surface area contributed by atoms with Crippen LogP contribution in [0.15, 0.2) is 18.2 Å². The molecule has 0 fully saturated rings. The lowest BCUT2D eigenvalue weighted by molar-refractivity contribution is 0.578. The van der Waals surface area contributed by atoms with Gasteiger partial charge < -0.3 is 0 Å². The summed E-state index contributed by atoms with van der Waals surface area (Å²) >= 11 is 0. The molecule has 0 aliphatic carbocycles. The van der Waals surface area contributed by atoms with Crippen molar-refractivity contribution < 1.29 is 4.39 Å². The largest absolute Gasteiger partial charge is 0.265 e. The Hall–Kier alpha value is -2.15. The Morgan fingerprint density at radius 3 is 2.68 bits per heavy atom. The molecule has 3 nitrogen and oxygen atoms in total. The van der Waals surface area contributed by atoms with Gasteiger partial charge in [-0.2, -0.15) is 10.4 Å². The van der Waals surface area contributed by atoms with Gasteiger partial charge in [-0.15, -0.1) is 0 Å². The fourth-order valence-electron chi connectivity index (χ4n) is 2.33. The Balaban J connectivity index is 2.39. The van der Waals surface area contributed by atoms with Gasteiger partial charge in [0.05, 0.1) is 23.9 Å². The normalized spacial score (nSPS) is 10.5. The van der Waals surface area contributed by atoms with Gasteiger partial charge in [0, 0.05) is 11.3 Å². The molecule has 2 rings (SSSR count). The van der Waals surface area contributed by atoms with Crippen LogP contribution in [-0.4, -0.2) is 9.78 Å². The summed E-state index contributed by atoms with van der Waals surface area (Å²) in [6, 6.07) is 6.42. The molecule has 0 aliphatic rings. The zero-order chi connectivity index (χ0) is 14.0. The monoisotopic (exact) mass is 257 g/mol. The first-order valence-electron chi connectivity index (χ1n) is 6.28. The maximum absolute atomic E-state index is 13.8. The van der Waals surface area contributed by atoms with Crippen molar-refractivity contribution in [1.82, 2.24) is 9.78 Å². The van der Waals surface area contributed by atoms with E-state index in [2.05, 4.69) is 12.0 Å². The molecule has 0 amide bonds. The smallest absolute Gasteiger partial charge is 0.128 e. The molecule has 1 heterocycles. The summed E-state index contributed by atoms with van der Waals surface area (Å²) in [5.41, 5.74) is 4.21. The zero-order valence-corrected chi connectivity index (χ0v) is 11.4. The minimum Gasteiger partial charge on any atom is -0.265 e. The van der Waals surface area contributed by atoms with Crippen LogP contribution in [0.4, 0.5) is 4.39 Å². The van der Waals surface area contributed by atoms with Crippen molar-refractivity contribution in [2.75, 3.05) is 0 Å². The van der Waals surface area contributed by atoms with Gasteiger partial charge in [-0.1, -0.05) is 6.92 Å². The fourth-order valence-corrected chi connectivity index (χ4v) is 2.33. The molecule has 0 bridgehead atoms. The number of rotatable bonds is 3. The molecule has 0 spiro atoms. The van der Waals surface area contributed by atoms with Gasteiger partial charge in [0.25, 0.3) is 0 Å². The third-order valence-corrected chi connectivity index (χ3v) is 3.38. The first kappa shape index (κ1) is 13.3. The highest BCUT2D eigenvalue weighted by atomic mass is 19.1. The van der Waals surface area contributed by atoms with Gasteiger partial charge in [0.15, 0.2) is 0 Å². The summed E-state index contributed by atoms with van der Waals surface area (Å²) in [4.78, 5) is 0. The van der Waals surface area contributed by atoms with Gasteiger partial charge in [-0.25, -0.2) is 4.39 Å². The summed E-state index contributed by atoms with van der Waals surface area (Å²) < 4.78 is 15.6. The van der Waals surface area contributed by atoms with Crippen molar-refractivity contribution in [3.8, 4) is 6.07 Å². The molecule has 0 saturated carbocycles. The lowest BCUT2D eigenvalue weighted by Crippen LogP contribution is -2.06. The molecule has 1 aromatic carbocycles. The summed E-state index contributed by atoms with van der Waals surface area (Å²) in [5, 5.41) is 13.3. The van der Waals surface area contributed by atoms with E-state index in [1.165, 1.54) is 17.7 Å². The highest BCUT2D eigenvalue weighted by Gasteiger charge is 2.12. The van der Waals surface area contributed by atoms with Gasteiger partial charge in [0.2, 0.25) is 0 Å². The van der Waals surface area contributed by atoms with Crippen LogP contribution in [0.25, 0.3) is 0 Å². The van der Waals surface area contributed by atoms with E-state index in [0.717, 1.165) is 17.8 Å². The van der Waals surface area contributed by atoms with Crippen molar-refractivity contribution in [3.05, 3.63) is 52.1 Å². The number of benzene rings is 1. The van der Waals surface area contributed by atoms with Crippen LogP contribution < -0.4 is 0 Å². The SMILES string of the molecule is CCc1c(C)nn(Cc2cc(C#N)ccc2F)c1C. The van der Waals surface area contributed by atoms with E-state index in [-0.39, 0.29) is 5.82 Å². The number of nitriles is 1. The second kappa shape index (κ2) is 5.23. The number of nitrogens with zero attached hydrogens (tertiary/aromatic N) is 3. The maximum atomic E-state index is 13.8. The highest BCUT2D eigenvalue weighted by molar-refractivity contribution is 5.34. The number of hydrogen-bond donors (Lipinski definition) is 0. The quantitative estimate of drug-likeness (QED) is 0.847. The lowest BCUT2D eigenvalue weighted by Gasteiger charge is -2.07. The zero-order valence-electron chi connectivity index (χ0n) is 11.4. The van der Waals surface area contributed by atoms with Crippen LogP contribution in [0.1, 0.15) is 35.0 Å². The molecule has 0 aliphatic heterocycles. The molecule has 0 N–H and O–H groups in total. The van der Waals surface area contributed by atoms with Crippen LogP contribution in [0.5, 0.6) is 0 Å². The minimum atomic E-state index is -0.301. The Bertz CT molecular complexity index is 650. The second-order valence-corrected chi connectivity index (χ2v) is 4.58. The molecular weight excluding hydrogens is 241 g/mol. The fraction of sp³-hybridized carbons (Fsp3) is 0.333. The van der Waals surface area contributed by atoms with E-state index in [4.69, 9.17) is 5.26 Å². The molecule has 1 aromatic heterocycles. The van der Waals surface area contributed by atoms with E-state index >= 15 is 0 Å². The summed E-state index contributed by atoms with van der Waals surface area (Å²) in [6.45, 7) is 6.39. The number of aryl methyl sites for hydroxylation is 1. The Kier molecular flexibility index (Phi) is 3.66. The summed E-state index contributed by atoms with van der Waals surface area (Å²) in [5.74, 6) is -0.301. The predicted molar refractivity (Wildman–Crippen MR) is 71.3 cm³/mol. The van der Waals surface area contributed by atoms with Crippen molar-refractivity contribution in [1.29, 1.82) is 5.26 Å². The van der Waals surface area contributed by atoms with E-state index in [0.29, 0.717) is 17.7 Å². The molecule has 0 saturated heterocycles. The van der Waals surface area contributed by atoms with Gasteiger partial charge in [0.1, 0.15) is 5.82 Å². The van der Waals surface area contributed by atoms with Crippen LogP contribution in [0, 0.1) is 31.0 Å². The first-order valence-corrected chi connectivity index (χ1v) is 6.28. The first-order chi connectivity index (χ1) is 9.06. The molecule has 4 heteroatoms. The van der Waals surface area contributed by atoms with E-state index < -0.39 is 0 Å². The van der Waals surface area contributed by atoms with Crippen LogP contribution in [-0.2, 0) is 13.0 Å². The van der Waals surface area contributed by atoms with Crippen molar-refractivity contribution in [2.45, 2.75) is 33.7 Å². The van der Waals surface area contributed by atoms with E-state index in [1.54, 1.807) is 10.7 Å². The lowest BCUT2D eigenvalue weighted by atomic mass is 10.1. The molecular formula is C15H16FN3. The van der Waals surface area contributed by atoms with Crippen molar-refractivity contribution in [2.24, 2.45) is 0 Å². The number of aromatic nitrogens is 2. The van der Waals surface area contributed by atoms with Crippen LogP contribution in [0.2, 0.25) is 0 Å². The number of halogens is 1. The molecule has 0 unspecified atom stereocenters. The summed E-state index contributed by atoms with van der Waals surface area (Å²) in [7, 11) is 0. The van der Waals surface area contributed by atoms with Gasteiger partial charge >= 0.3 is 0 Å². The highest BCUT2D eigenvalue weighted by Crippen LogP contribution is 2.17. The summed E-state index contributed by atoms with van der Waals surface area (Å²) in [6.07, 6.45) is 0.915. The van der Waals surface area contributed by atoms with E-state index in [9.17, 15) is 4.39 Å². The van der Waals surface area contributed by atoms with Crippen molar-refractivity contribution in [3.63, 3.8) is 0 Å². The average Bonchev–Trinajstić information content (AvgIpc) is 2.66.